The van der Waals surface area contributed by atoms with Crippen molar-refractivity contribution in [3.05, 3.63) is 0 Å². The Morgan fingerprint density at radius 3 is 2.33 bits per heavy atom. The Labute approximate surface area is 75.0 Å². The summed E-state index contributed by atoms with van der Waals surface area (Å²) in [5, 5.41) is 0. The highest BCUT2D eigenvalue weighted by Crippen LogP contribution is 1.85. The van der Waals surface area contributed by atoms with Crippen LogP contribution in [0.3, 0.4) is 0 Å². The lowest BCUT2D eigenvalue weighted by Gasteiger charge is -2.09. The lowest BCUT2D eigenvalue weighted by atomic mass is 10.4. The maximum atomic E-state index is 10.9. The SMILES string of the molecule is CCS(=O)(=O)NCCCN(C)C. The molecule has 5 heteroatoms. The summed E-state index contributed by atoms with van der Waals surface area (Å²) in [5.41, 5.74) is 0. The van der Waals surface area contributed by atoms with E-state index < -0.39 is 10.0 Å². The summed E-state index contributed by atoms with van der Waals surface area (Å²) in [7, 11) is 0.947. The van der Waals surface area contributed by atoms with E-state index in [-0.39, 0.29) is 5.75 Å². The van der Waals surface area contributed by atoms with Gasteiger partial charge < -0.3 is 4.90 Å². The molecule has 0 bridgehead atoms. The largest absolute Gasteiger partial charge is 0.309 e. The van der Waals surface area contributed by atoms with Crippen molar-refractivity contribution in [3.8, 4) is 0 Å². The first-order chi connectivity index (χ1) is 5.48. The molecule has 0 radical (unpaired) electrons. The quantitative estimate of drug-likeness (QED) is 0.600. The van der Waals surface area contributed by atoms with Crippen LogP contribution in [0.25, 0.3) is 0 Å². The molecule has 0 rings (SSSR count). The fraction of sp³-hybridized carbons (Fsp3) is 1.00. The van der Waals surface area contributed by atoms with Gasteiger partial charge in [0.1, 0.15) is 0 Å². The van der Waals surface area contributed by atoms with E-state index in [1.54, 1.807) is 6.92 Å². The summed E-state index contributed by atoms with van der Waals surface area (Å²) in [6, 6.07) is 0. The summed E-state index contributed by atoms with van der Waals surface area (Å²) < 4.78 is 24.3. The molecule has 0 aromatic carbocycles. The van der Waals surface area contributed by atoms with Gasteiger partial charge in [-0.05, 0) is 34.0 Å². The Morgan fingerprint density at radius 1 is 1.33 bits per heavy atom. The first-order valence-electron chi connectivity index (χ1n) is 4.10. The molecule has 0 aromatic rings. The number of hydrogen-bond donors (Lipinski definition) is 1. The average molecular weight is 194 g/mol. The number of hydrogen-bond acceptors (Lipinski definition) is 3. The minimum absolute atomic E-state index is 0.162. The highest BCUT2D eigenvalue weighted by atomic mass is 32.2. The van der Waals surface area contributed by atoms with Crippen molar-refractivity contribution >= 4 is 10.0 Å². The fourth-order valence-electron chi connectivity index (χ4n) is 0.725. The van der Waals surface area contributed by atoms with Crippen LogP contribution in [-0.2, 0) is 10.0 Å². The maximum Gasteiger partial charge on any atom is 0.211 e. The predicted molar refractivity (Wildman–Crippen MR) is 50.6 cm³/mol. The van der Waals surface area contributed by atoms with Crippen molar-refractivity contribution in [3.63, 3.8) is 0 Å². The lowest BCUT2D eigenvalue weighted by Crippen LogP contribution is -2.28. The van der Waals surface area contributed by atoms with Crippen LogP contribution in [0.2, 0.25) is 0 Å². The summed E-state index contributed by atoms with van der Waals surface area (Å²) in [5.74, 6) is 0.162. The van der Waals surface area contributed by atoms with E-state index in [0.717, 1.165) is 13.0 Å². The van der Waals surface area contributed by atoms with Crippen LogP contribution in [0.4, 0.5) is 0 Å². The van der Waals surface area contributed by atoms with Gasteiger partial charge in [0.05, 0.1) is 5.75 Å². The number of nitrogens with one attached hydrogen (secondary N) is 1. The van der Waals surface area contributed by atoms with Gasteiger partial charge in [-0.1, -0.05) is 0 Å². The third-order valence-electron chi connectivity index (χ3n) is 1.48. The van der Waals surface area contributed by atoms with Gasteiger partial charge in [0.2, 0.25) is 10.0 Å². The zero-order chi connectivity index (χ0) is 9.61. The van der Waals surface area contributed by atoms with Crippen LogP contribution in [-0.4, -0.2) is 46.3 Å². The Morgan fingerprint density at radius 2 is 1.92 bits per heavy atom. The van der Waals surface area contributed by atoms with E-state index in [1.807, 2.05) is 19.0 Å². The molecule has 0 unspecified atom stereocenters. The van der Waals surface area contributed by atoms with Crippen molar-refractivity contribution in [2.24, 2.45) is 0 Å². The molecule has 0 saturated heterocycles. The molecule has 0 saturated carbocycles. The second-order valence-corrected chi connectivity index (χ2v) is 5.05. The molecule has 0 aromatic heterocycles. The second-order valence-electron chi connectivity index (χ2n) is 2.95. The third kappa shape index (κ3) is 6.57. The molecule has 0 fully saturated rings. The number of rotatable bonds is 6. The van der Waals surface area contributed by atoms with Gasteiger partial charge in [-0.15, -0.1) is 0 Å². The van der Waals surface area contributed by atoms with E-state index in [4.69, 9.17) is 0 Å². The highest BCUT2D eigenvalue weighted by molar-refractivity contribution is 7.89. The van der Waals surface area contributed by atoms with E-state index in [0.29, 0.717) is 6.54 Å². The highest BCUT2D eigenvalue weighted by Gasteiger charge is 2.03. The van der Waals surface area contributed by atoms with E-state index in [2.05, 4.69) is 4.72 Å². The minimum atomic E-state index is -2.99. The number of sulfonamides is 1. The van der Waals surface area contributed by atoms with Gasteiger partial charge >= 0.3 is 0 Å². The molecule has 4 nitrogen and oxygen atoms in total. The van der Waals surface area contributed by atoms with Crippen LogP contribution in [0.1, 0.15) is 13.3 Å². The monoisotopic (exact) mass is 194 g/mol. The molecule has 0 amide bonds. The molecule has 0 heterocycles. The van der Waals surface area contributed by atoms with Crippen LogP contribution in [0.5, 0.6) is 0 Å². The lowest BCUT2D eigenvalue weighted by molar-refractivity contribution is 0.400. The molecule has 74 valence electrons. The van der Waals surface area contributed by atoms with Gasteiger partial charge in [0, 0.05) is 6.54 Å². The van der Waals surface area contributed by atoms with Crippen LogP contribution in [0.15, 0.2) is 0 Å². The zero-order valence-electron chi connectivity index (χ0n) is 8.00. The third-order valence-corrected chi connectivity index (χ3v) is 2.89. The summed E-state index contributed by atoms with van der Waals surface area (Å²) in [6.45, 7) is 3.08. The van der Waals surface area contributed by atoms with Crippen molar-refractivity contribution in [2.75, 3.05) is 32.9 Å². The van der Waals surface area contributed by atoms with Gasteiger partial charge in [-0.25, -0.2) is 13.1 Å². The topological polar surface area (TPSA) is 49.4 Å². The molecule has 12 heavy (non-hydrogen) atoms. The summed E-state index contributed by atoms with van der Waals surface area (Å²) in [4.78, 5) is 2.03. The number of nitrogens with zero attached hydrogens (tertiary/aromatic N) is 1. The average Bonchev–Trinajstić information content (AvgIpc) is 1.98. The van der Waals surface area contributed by atoms with E-state index >= 15 is 0 Å². The smallest absolute Gasteiger partial charge is 0.211 e. The maximum absolute atomic E-state index is 10.9. The fourth-order valence-corrected chi connectivity index (χ4v) is 1.38. The van der Waals surface area contributed by atoms with Crippen molar-refractivity contribution < 1.29 is 8.42 Å². The van der Waals surface area contributed by atoms with Crippen LogP contribution >= 0.6 is 0 Å². The minimum Gasteiger partial charge on any atom is -0.309 e. The van der Waals surface area contributed by atoms with Gasteiger partial charge in [-0.3, -0.25) is 0 Å². The Kier molecular flexibility index (Phi) is 5.44. The Hall–Kier alpha value is -0.130. The standard InChI is InChI=1S/C7H18N2O2S/c1-4-12(10,11)8-6-5-7-9(2)3/h8H,4-7H2,1-3H3. The molecule has 0 spiro atoms. The first-order valence-corrected chi connectivity index (χ1v) is 5.75. The molecular weight excluding hydrogens is 176 g/mol. The normalized spacial score (nSPS) is 12.3. The Balaban J connectivity index is 3.45. The molecular formula is C7H18N2O2S. The molecule has 0 atom stereocenters. The van der Waals surface area contributed by atoms with E-state index in [9.17, 15) is 8.42 Å². The van der Waals surface area contributed by atoms with Gasteiger partial charge in [0.15, 0.2) is 0 Å². The van der Waals surface area contributed by atoms with Crippen molar-refractivity contribution in [1.82, 2.24) is 9.62 Å². The van der Waals surface area contributed by atoms with Crippen LogP contribution < -0.4 is 4.72 Å². The summed E-state index contributed by atoms with van der Waals surface area (Å²) >= 11 is 0. The van der Waals surface area contributed by atoms with Gasteiger partial charge in [0.25, 0.3) is 0 Å². The predicted octanol–water partition coefficient (Wildman–Crippen LogP) is -0.123. The summed E-state index contributed by atoms with van der Waals surface area (Å²) in [6.07, 6.45) is 0.853. The Bertz CT molecular complexity index is 199. The molecule has 0 aliphatic rings. The zero-order valence-corrected chi connectivity index (χ0v) is 8.82. The van der Waals surface area contributed by atoms with Gasteiger partial charge in [-0.2, -0.15) is 0 Å². The molecule has 1 N–H and O–H groups in total. The molecule has 0 aliphatic carbocycles. The molecule has 0 aliphatic heterocycles. The van der Waals surface area contributed by atoms with Crippen molar-refractivity contribution in [1.29, 1.82) is 0 Å². The van der Waals surface area contributed by atoms with Crippen LogP contribution in [0, 0.1) is 0 Å². The van der Waals surface area contributed by atoms with Crippen molar-refractivity contribution in [2.45, 2.75) is 13.3 Å². The van der Waals surface area contributed by atoms with E-state index in [1.165, 1.54) is 0 Å². The second kappa shape index (κ2) is 5.50. The first kappa shape index (κ1) is 11.9.